The standard InChI is InChI=1S/C31H43F3N6O12/c1-15-3-17(5-18(4-15)31(32,33)34)12-48-21(8-39-6-19(35-37-39)13-49-28-24(43)16(2)51-22(10-41)25(28)44)9-40-7-20(36-38-40)14-50-29-26(45)23(11-42)52-30(47)27(29)46/h3-7,16,21-30,41-47H,8-14H2,1-2H3. The van der Waals surface area contributed by atoms with Gasteiger partial charge < -0.3 is 59.4 Å². The van der Waals surface area contributed by atoms with Crippen LogP contribution < -0.4 is 0 Å². The van der Waals surface area contributed by atoms with E-state index in [1.165, 1.54) is 21.8 Å². The number of aliphatic hydroxyl groups excluding tert-OH is 7. The molecule has 21 heteroatoms. The summed E-state index contributed by atoms with van der Waals surface area (Å²) in [6.07, 6.45) is -14.8. The van der Waals surface area contributed by atoms with Gasteiger partial charge in [0.05, 0.1) is 76.3 Å². The molecule has 2 aliphatic heterocycles. The molecule has 2 aliphatic rings. The van der Waals surface area contributed by atoms with E-state index in [9.17, 15) is 48.9 Å². The van der Waals surface area contributed by atoms with E-state index < -0.39 is 92.3 Å². The van der Waals surface area contributed by atoms with Gasteiger partial charge in [-0.1, -0.05) is 22.1 Å². The largest absolute Gasteiger partial charge is 0.416 e. The normalized spacial score (nSPS) is 30.5. The Bertz CT molecular complexity index is 1500. The van der Waals surface area contributed by atoms with Crippen molar-refractivity contribution in [1.29, 1.82) is 0 Å². The van der Waals surface area contributed by atoms with Crippen LogP contribution in [0.15, 0.2) is 30.6 Å². The van der Waals surface area contributed by atoms with E-state index in [0.717, 1.165) is 12.1 Å². The van der Waals surface area contributed by atoms with Crippen molar-refractivity contribution in [3.05, 3.63) is 58.7 Å². The van der Waals surface area contributed by atoms with E-state index in [2.05, 4.69) is 20.6 Å². The molecule has 2 fully saturated rings. The molecule has 1 aromatic carbocycles. The van der Waals surface area contributed by atoms with Crippen LogP contribution in [-0.2, 0) is 62.8 Å². The van der Waals surface area contributed by atoms with Crippen LogP contribution in [0, 0.1) is 6.92 Å². The minimum absolute atomic E-state index is 0.0192. The zero-order chi connectivity index (χ0) is 37.7. The number of halogens is 3. The van der Waals surface area contributed by atoms with Gasteiger partial charge in [0.1, 0.15) is 60.2 Å². The number of alkyl halides is 3. The first kappa shape index (κ1) is 40.0. The Kier molecular flexibility index (Phi) is 13.3. The third-order valence-electron chi connectivity index (χ3n) is 8.70. The first-order valence-corrected chi connectivity index (χ1v) is 16.4. The first-order valence-electron chi connectivity index (χ1n) is 16.4. The molecule has 0 bridgehead atoms. The quantitative estimate of drug-likeness (QED) is 0.0905. The second-order valence-corrected chi connectivity index (χ2v) is 12.8. The van der Waals surface area contributed by atoms with E-state index in [0.29, 0.717) is 11.3 Å². The Balaban J connectivity index is 1.26. The van der Waals surface area contributed by atoms with Crippen molar-refractivity contribution in [2.24, 2.45) is 0 Å². The minimum Gasteiger partial charge on any atom is -0.394 e. The molecule has 3 aromatic rings. The summed E-state index contributed by atoms with van der Waals surface area (Å²) in [7, 11) is 0. The second kappa shape index (κ2) is 17.3. The van der Waals surface area contributed by atoms with Crippen LogP contribution in [0.3, 0.4) is 0 Å². The number of benzene rings is 1. The molecule has 18 nitrogen and oxygen atoms in total. The third kappa shape index (κ3) is 9.86. The number of aryl methyl sites for hydroxylation is 1. The molecule has 52 heavy (non-hydrogen) atoms. The molecule has 0 amide bonds. The van der Waals surface area contributed by atoms with Crippen LogP contribution in [0.4, 0.5) is 13.2 Å². The molecular formula is C31H43F3N6O12. The van der Waals surface area contributed by atoms with Gasteiger partial charge in [-0.3, -0.25) is 0 Å². The maximum absolute atomic E-state index is 13.5. The Morgan fingerprint density at radius 3 is 1.85 bits per heavy atom. The minimum atomic E-state index is -4.56. The maximum Gasteiger partial charge on any atom is 0.416 e. The number of aromatic nitrogens is 6. The predicted octanol–water partition coefficient (Wildman–Crippen LogP) is -1.81. The Morgan fingerprint density at radius 2 is 1.31 bits per heavy atom. The molecule has 0 saturated carbocycles. The summed E-state index contributed by atoms with van der Waals surface area (Å²) in [6.45, 7) is 1.43. The van der Waals surface area contributed by atoms with Gasteiger partial charge in [-0.05, 0) is 31.5 Å². The van der Waals surface area contributed by atoms with E-state index >= 15 is 0 Å². The Hall–Kier alpha value is -3.19. The van der Waals surface area contributed by atoms with Crippen LogP contribution in [0.5, 0.6) is 0 Å². The highest BCUT2D eigenvalue weighted by Gasteiger charge is 2.45. The lowest BCUT2D eigenvalue weighted by atomic mass is 9.96. The Labute approximate surface area is 294 Å². The molecule has 5 rings (SSSR count). The highest BCUT2D eigenvalue weighted by molar-refractivity contribution is 5.30. The molecule has 11 unspecified atom stereocenters. The molecule has 4 heterocycles. The van der Waals surface area contributed by atoms with Gasteiger partial charge in [0.15, 0.2) is 6.29 Å². The Morgan fingerprint density at radius 1 is 0.769 bits per heavy atom. The lowest BCUT2D eigenvalue weighted by Crippen LogP contribution is -2.59. The van der Waals surface area contributed by atoms with Crippen LogP contribution >= 0.6 is 0 Å². The van der Waals surface area contributed by atoms with Crippen molar-refractivity contribution in [2.75, 3.05) is 13.2 Å². The smallest absolute Gasteiger partial charge is 0.394 e. The molecule has 11 atom stereocenters. The summed E-state index contributed by atoms with van der Waals surface area (Å²) in [6, 6.07) is 3.60. The summed E-state index contributed by atoms with van der Waals surface area (Å²) in [5.74, 6) is 0. The number of aliphatic hydroxyl groups is 7. The van der Waals surface area contributed by atoms with Gasteiger partial charge in [0.2, 0.25) is 0 Å². The molecule has 7 N–H and O–H groups in total. The van der Waals surface area contributed by atoms with Gasteiger partial charge in [-0.25, -0.2) is 9.36 Å². The lowest BCUT2D eigenvalue weighted by Gasteiger charge is -2.40. The summed E-state index contributed by atoms with van der Waals surface area (Å²) in [4.78, 5) is 0. The first-order chi connectivity index (χ1) is 24.7. The summed E-state index contributed by atoms with van der Waals surface area (Å²) >= 11 is 0. The van der Waals surface area contributed by atoms with Crippen LogP contribution in [-0.4, -0.2) is 146 Å². The summed E-state index contributed by atoms with van der Waals surface area (Å²) in [5, 5.41) is 86.6. The van der Waals surface area contributed by atoms with Gasteiger partial charge >= 0.3 is 6.18 Å². The fourth-order valence-corrected chi connectivity index (χ4v) is 5.98. The maximum atomic E-state index is 13.5. The van der Waals surface area contributed by atoms with E-state index in [1.54, 1.807) is 19.9 Å². The van der Waals surface area contributed by atoms with Crippen molar-refractivity contribution in [3.63, 3.8) is 0 Å². The fourth-order valence-electron chi connectivity index (χ4n) is 5.98. The SMILES string of the molecule is Cc1cc(COC(Cn2cc(COC3C(O)C(C)OC(CO)C3O)nn2)Cn2cc(COC3C(O)C(O)OC(CO)C3O)nn2)cc(C(F)(F)F)c1. The predicted molar refractivity (Wildman–Crippen MR) is 165 cm³/mol. The van der Waals surface area contributed by atoms with Gasteiger partial charge in [-0.2, -0.15) is 13.2 Å². The van der Waals surface area contributed by atoms with Gasteiger partial charge in [-0.15, -0.1) is 10.2 Å². The lowest BCUT2D eigenvalue weighted by molar-refractivity contribution is -0.296. The molecule has 0 radical (unpaired) electrons. The zero-order valence-corrected chi connectivity index (χ0v) is 28.2. The molecule has 2 aromatic heterocycles. The zero-order valence-electron chi connectivity index (χ0n) is 28.2. The van der Waals surface area contributed by atoms with Crippen LogP contribution in [0.25, 0.3) is 0 Å². The number of ether oxygens (including phenoxy) is 5. The monoisotopic (exact) mass is 748 g/mol. The highest BCUT2D eigenvalue weighted by atomic mass is 19.4. The van der Waals surface area contributed by atoms with Crippen LogP contribution in [0.1, 0.15) is 35.0 Å². The average Bonchev–Trinajstić information content (AvgIpc) is 3.75. The van der Waals surface area contributed by atoms with E-state index in [1.807, 2.05) is 0 Å². The fraction of sp³-hybridized carbons (Fsp3) is 0.677. The summed E-state index contributed by atoms with van der Waals surface area (Å²) < 4.78 is 71.0. The van der Waals surface area contributed by atoms with E-state index in [4.69, 9.17) is 23.7 Å². The van der Waals surface area contributed by atoms with Crippen molar-refractivity contribution >= 4 is 0 Å². The topological polar surface area (TPSA) is 249 Å². The highest BCUT2D eigenvalue weighted by Crippen LogP contribution is 2.31. The summed E-state index contributed by atoms with van der Waals surface area (Å²) in [5.41, 5.74) is 0.422. The van der Waals surface area contributed by atoms with Crippen molar-refractivity contribution in [3.8, 4) is 0 Å². The van der Waals surface area contributed by atoms with Crippen molar-refractivity contribution < 1.29 is 72.6 Å². The second-order valence-electron chi connectivity index (χ2n) is 12.8. The third-order valence-corrected chi connectivity index (χ3v) is 8.70. The number of nitrogens with zero attached hydrogens (tertiary/aromatic N) is 6. The molecular weight excluding hydrogens is 705 g/mol. The molecule has 0 spiro atoms. The number of rotatable bonds is 15. The number of hydrogen-bond acceptors (Lipinski definition) is 16. The average molecular weight is 749 g/mol. The number of hydrogen-bond donors (Lipinski definition) is 7. The molecule has 0 aliphatic carbocycles. The van der Waals surface area contributed by atoms with Crippen LogP contribution in [0.2, 0.25) is 0 Å². The molecule has 2 saturated heterocycles. The molecule has 290 valence electrons. The van der Waals surface area contributed by atoms with Gasteiger partial charge in [0, 0.05) is 0 Å². The van der Waals surface area contributed by atoms with Crippen molar-refractivity contribution in [1.82, 2.24) is 30.0 Å². The van der Waals surface area contributed by atoms with Crippen molar-refractivity contribution in [2.45, 2.75) is 120 Å². The van der Waals surface area contributed by atoms with Gasteiger partial charge in [0.25, 0.3) is 0 Å². The van der Waals surface area contributed by atoms with E-state index in [-0.39, 0.29) is 44.2 Å².